The smallest absolute Gasteiger partial charge is 0.372 e. The van der Waals surface area contributed by atoms with E-state index in [1.807, 2.05) is 0 Å². The molecule has 0 saturated heterocycles. The van der Waals surface area contributed by atoms with Gasteiger partial charge in [-0.05, 0) is 6.42 Å². The summed E-state index contributed by atoms with van der Waals surface area (Å²) in [7, 11) is 1.69. The predicted molar refractivity (Wildman–Crippen MR) is 55.4 cm³/mol. The van der Waals surface area contributed by atoms with Gasteiger partial charge in [-0.25, -0.2) is 4.98 Å². The van der Waals surface area contributed by atoms with E-state index >= 15 is 0 Å². The van der Waals surface area contributed by atoms with Crippen molar-refractivity contribution in [2.24, 2.45) is 0 Å². The van der Waals surface area contributed by atoms with Crippen molar-refractivity contribution in [1.29, 1.82) is 0 Å². The molecular formula is C9H13F3N4. The lowest BCUT2D eigenvalue weighted by Gasteiger charge is -2.08. The Morgan fingerprint density at radius 2 is 1.94 bits per heavy atom. The van der Waals surface area contributed by atoms with Gasteiger partial charge < -0.3 is 10.6 Å². The molecule has 0 unspecified atom stereocenters. The van der Waals surface area contributed by atoms with Gasteiger partial charge in [0.05, 0.1) is 12.4 Å². The van der Waals surface area contributed by atoms with Crippen LogP contribution in [-0.4, -0.2) is 29.7 Å². The molecule has 0 atom stereocenters. The molecule has 90 valence electrons. The molecule has 16 heavy (non-hydrogen) atoms. The van der Waals surface area contributed by atoms with Crippen LogP contribution in [0.5, 0.6) is 0 Å². The molecular weight excluding hydrogens is 221 g/mol. The van der Waals surface area contributed by atoms with E-state index in [0.29, 0.717) is 11.6 Å². The Labute approximate surface area is 91.3 Å². The molecule has 0 aliphatic heterocycles. The lowest BCUT2D eigenvalue weighted by Crippen LogP contribution is -2.11. The van der Waals surface area contributed by atoms with E-state index in [1.165, 1.54) is 12.4 Å². The minimum atomic E-state index is -4.10. The van der Waals surface area contributed by atoms with Crippen molar-refractivity contribution in [1.82, 2.24) is 9.97 Å². The minimum absolute atomic E-state index is 0.0228. The summed E-state index contributed by atoms with van der Waals surface area (Å²) in [5, 5.41) is 5.57. The number of alkyl halides is 3. The second-order valence-corrected chi connectivity index (χ2v) is 3.19. The van der Waals surface area contributed by atoms with Crippen molar-refractivity contribution in [2.75, 3.05) is 24.2 Å². The number of aromatic nitrogens is 2. The van der Waals surface area contributed by atoms with Crippen molar-refractivity contribution < 1.29 is 13.2 Å². The lowest BCUT2D eigenvalue weighted by molar-refractivity contribution is -0.134. The van der Waals surface area contributed by atoms with Gasteiger partial charge in [0.2, 0.25) is 0 Å². The van der Waals surface area contributed by atoms with E-state index in [-0.39, 0.29) is 13.0 Å². The zero-order chi connectivity index (χ0) is 12.0. The molecule has 4 nitrogen and oxygen atoms in total. The maximum Gasteiger partial charge on any atom is 0.389 e. The fraction of sp³-hybridized carbons (Fsp3) is 0.556. The average Bonchev–Trinajstić information content (AvgIpc) is 2.23. The van der Waals surface area contributed by atoms with Crippen LogP contribution in [0.2, 0.25) is 0 Å². The molecule has 7 heteroatoms. The molecule has 2 N–H and O–H groups in total. The SMILES string of the molecule is CNc1cncc(NCCCC(F)(F)F)n1. The summed E-state index contributed by atoms with van der Waals surface area (Å²) in [4.78, 5) is 7.93. The highest BCUT2D eigenvalue weighted by atomic mass is 19.4. The van der Waals surface area contributed by atoms with Gasteiger partial charge in [0, 0.05) is 20.0 Å². The first-order valence-corrected chi connectivity index (χ1v) is 4.82. The van der Waals surface area contributed by atoms with Gasteiger partial charge in [0.25, 0.3) is 0 Å². The van der Waals surface area contributed by atoms with Gasteiger partial charge in [-0.1, -0.05) is 0 Å². The van der Waals surface area contributed by atoms with E-state index in [4.69, 9.17) is 0 Å². The molecule has 1 aromatic heterocycles. The summed E-state index contributed by atoms with van der Waals surface area (Å²) in [6.45, 7) is 0.224. The molecule has 0 aliphatic rings. The lowest BCUT2D eigenvalue weighted by atomic mass is 10.3. The Balaban J connectivity index is 2.32. The Morgan fingerprint density at radius 3 is 2.56 bits per heavy atom. The van der Waals surface area contributed by atoms with Crippen LogP contribution < -0.4 is 10.6 Å². The van der Waals surface area contributed by atoms with Crippen molar-refractivity contribution in [3.05, 3.63) is 12.4 Å². The summed E-state index contributed by atoms with van der Waals surface area (Å²) < 4.78 is 35.5. The van der Waals surface area contributed by atoms with Crippen LogP contribution in [-0.2, 0) is 0 Å². The summed E-state index contributed by atoms with van der Waals surface area (Å²) >= 11 is 0. The largest absolute Gasteiger partial charge is 0.389 e. The Kier molecular flexibility index (Phi) is 4.33. The van der Waals surface area contributed by atoms with Crippen LogP contribution in [0.15, 0.2) is 12.4 Å². The highest BCUT2D eigenvalue weighted by molar-refractivity contribution is 5.40. The third-order valence-electron chi connectivity index (χ3n) is 1.83. The van der Waals surface area contributed by atoms with Gasteiger partial charge >= 0.3 is 6.18 Å². The number of hydrogen-bond acceptors (Lipinski definition) is 4. The molecule has 0 bridgehead atoms. The fourth-order valence-corrected chi connectivity index (χ4v) is 1.08. The van der Waals surface area contributed by atoms with E-state index in [0.717, 1.165) is 0 Å². The minimum Gasteiger partial charge on any atom is -0.372 e. The summed E-state index contributed by atoms with van der Waals surface area (Å²) in [5.41, 5.74) is 0. The normalized spacial score (nSPS) is 11.2. The van der Waals surface area contributed by atoms with Crippen molar-refractivity contribution in [2.45, 2.75) is 19.0 Å². The zero-order valence-electron chi connectivity index (χ0n) is 8.80. The Morgan fingerprint density at radius 1 is 1.25 bits per heavy atom. The van der Waals surface area contributed by atoms with Crippen molar-refractivity contribution in [3.63, 3.8) is 0 Å². The van der Waals surface area contributed by atoms with E-state index in [2.05, 4.69) is 20.6 Å². The first-order valence-electron chi connectivity index (χ1n) is 4.82. The topological polar surface area (TPSA) is 49.8 Å². The molecule has 0 amide bonds. The number of nitrogens with one attached hydrogen (secondary N) is 2. The first-order chi connectivity index (χ1) is 7.51. The molecule has 1 heterocycles. The highest BCUT2D eigenvalue weighted by Gasteiger charge is 2.25. The van der Waals surface area contributed by atoms with Crippen LogP contribution in [0.4, 0.5) is 24.8 Å². The van der Waals surface area contributed by atoms with E-state index in [1.54, 1.807) is 7.05 Å². The van der Waals surface area contributed by atoms with Crippen LogP contribution >= 0.6 is 0 Å². The van der Waals surface area contributed by atoms with Crippen LogP contribution in [0.25, 0.3) is 0 Å². The number of rotatable bonds is 5. The van der Waals surface area contributed by atoms with Gasteiger partial charge in [0.15, 0.2) is 0 Å². The van der Waals surface area contributed by atoms with E-state index < -0.39 is 12.6 Å². The highest BCUT2D eigenvalue weighted by Crippen LogP contribution is 2.21. The maximum atomic E-state index is 11.8. The molecule has 0 fully saturated rings. The zero-order valence-corrected chi connectivity index (χ0v) is 8.80. The summed E-state index contributed by atoms with van der Waals surface area (Å²) in [6.07, 6.45) is -1.87. The van der Waals surface area contributed by atoms with Gasteiger partial charge in [-0.3, -0.25) is 4.98 Å². The monoisotopic (exact) mass is 234 g/mol. The standard InChI is InChI=1S/C9H13F3N4/c1-13-7-5-14-6-8(16-7)15-4-2-3-9(10,11)12/h5-6H,2-4H2,1H3,(H2,13,15,16). The maximum absolute atomic E-state index is 11.8. The number of nitrogens with zero attached hydrogens (tertiary/aromatic N) is 2. The Hall–Kier alpha value is -1.53. The van der Waals surface area contributed by atoms with Crippen LogP contribution in [0, 0.1) is 0 Å². The number of halogens is 3. The summed E-state index contributed by atoms with van der Waals surface area (Å²) in [5.74, 6) is 1.04. The van der Waals surface area contributed by atoms with Crippen LogP contribution in [0.1, 0.15) is 12.8 Å². The molecule has 0 spiro atoms. The molecule has 0 aromatic carbocycles. The van der Waals surface area contributed by atoms with Gasteiger partial charge in [-0.2, -0.15) is 13.2 Å². The Bertz CT molecular complexity index is 327. The molecule has 0 radical (unpaired) electrons. The summed E-state index contributed by atoms with van der Waals surface area (Å²) in [6, 6.07) is 0. The molecule has 0 saturated carbocycles. The second kappa shape index (κ2) is 5.53. The fourth-order valence-electron chi connectivity index (χ4n) is 1.08. The number of hydrogen-bond donors (Lipinski definition) is 2. The third-order valence-corrected chi connectivity index (χ3v) is 1.83. The quantitative estimate of drug-likeness (QED) is 0.767. The van der Waals surface area contributed by atoms with Crippen molar-refractivity contribution in [3.8, 4) is 0 Å². The van der Waals surface area contributed by atoms with Gasteiger partial charge in [-0.15, -0.1) is 0 Å². The second-order valence-electron chi connectivity index (χ2n) is 3.19. The average molecular weight is 234 g/mol. The van der Waals surface area contributed by atoms with E-state index in [9.17, 15) is 13.2 Å². The first kappa shape index (κ1) is 12.5. The molecule has 1 rings (SSSR count). The molecule has 1 aromatic rings. The predicted octanol–water partition coefficient (Wildman–Crippen LogP) is 2.27. The third kappa shape index (κ3) is 4.81. The molecule has 0 aliphatic carbocycles. The van der Waals surface area contributed by atoms with Crippen molar-refractivity contribution >= 4 is 11.6 Å². The van der Waals surface area contributed by atoms with Crippen LogP contribution in [0.3, 0.4) is 0 Å². The van der Waals surface area contributed by atoms with Gasteiger partial charge in [0.1, 0.15) is 11.6 Å². The number of anilines is 2.